The Morgan fingerprint density at radius 1 is 1.09 bits per heavy atom. The van der Waals surface area contributed by atoms with Crippen LogP contribution in [0.5, 0.6) is 0 Å². The smallest absolute Gasteiger partial charge is 0.258 e. The summed E-state index contributed by atoms with van der Waals surface area (Å²) in [4.78, 5) is 10.2. The van der Waals surface area contributed by atoms with Gasteiger partial charge in [-0.25, -0.2) is 8.42 Å². The first kappa shape index (κ1) is 14.7. The van der Waals surface area contributed by atoms with E-state index in [9.17, 15) is 18.5 Å². The summed E-state index contributed by atoms with van der Waals surface area (Å²) in [5.41, 5.74) is 0.972. The van der Waals surface area contributed by atoms with E-state index in [-0.39, 0.29) is 16.6 Å². The summed E-state index contributed by atoms with van der Waals surface area (Å²) in [5, 5.41) is 10.6. The van der Waals surface area contributed by atoms with Gasteiger partial charge in [-0.3, -0.25) is 10.1 Å². The molecule has 1 aliphatic rings. The molecule has 3 rings (SSSR count). The van der Waals surface area contributed by atoms with Crippen LogP contribution in [0.4, 0.5) is 5.69 Å². The second kappa shape index (κ2) is 5.51. The summed E-state index contributed by atoms with van der Waals surface area (Å²) in [7, 11) is -3.57. The molecule has 0 saturated carbocycles. The zero-order chi connectivity index (χ0) is 15.7. The van der Waals surface area contributed by atoms with Crippen molar-refractivity contribution in [1.29, 1.82) is 0 Å². The van der Waals surface area contributed by atoms with E-state index >= 15 is 0 Å². The van der Waals surface area contributed by atoms with Gasteiger partial charge in [-0.15, -0.1) is 0 Å². The van der Waals surface area contributed by atoms with Gasteiger partial charge in [-0.05, 0) is 24.1 Å². The lowest BCUT2D eigenvalue weighted by atomic mass is 10.1. The van der Waals surface area contributed by atoms with Gasteiger partial charge in [0.15, 0.2) is 0 Å². The molecule has 22 heavy (non-hydrogen) atoms. The van der Waals surface area contributed by atoms with Crippen LogP contribution in [0.1, 0.15) is 5.56 Å². The van der Waals surface area contributed by atoms with E-state index in [2.05, 4.69) is 0 Å². The van der Waals surface area contributed by atoms with E-state index in [1.54, 1.807) is 0 Å². The molecular weight excluding hydrogens is 304 g/mol. The highest BCUT2D eigenvalue weighted by Crippen LogP contribution is 2.31. The summed E-state index contributed by atoms with van der Waals surface area (Å²) in [6.45, 7) is 0.480. The standard InChI is InChI=1S/C15H14N2O4S/c18-17(19)13-6-8-15(9-7-13)22(20,21)16-11-14(16)10-12-4-2-1-3-5-12/h1-9,14H,10-11H2/t14-,16?/m0/s1. The Balaban J connectivity index is 1.73. The predicted octanol–water partition coefficient (Wildman–Crippen LogP) is 2.21. The summed E-state index contributed by atoms with van der Waals surface area (Å²) in [5.74, 6) is 0. The zero-order valence-electron chi connectivity index (χ0n) is 11.6. The predicted molar refractivity (Wildman–Crippen MR) is 80.9 cm³/mol. The number of nitro benzene ring substituents is 1. The average molecular weight is 318 g/mol. The minimum Gasteiger partial charge on any atom is -0.258 e. The third-order valence-corrected chi connectivity index (χ3v) is 5.57. The molecule has 2 aromatic rings. The average Bonchev–Trinajstić information content (AvgIpc) is 3.28. The Labute approximate surface area is 128 Å². The Kier molecular flexibility index (Phi) is 3.67. The second-order valence-electron chi connectivity index (χ2n) is 5.17. The third-order valence-electron chi connectivity index (χ3n) is 3.63. The van der Waals surface area contributed by atoms with Gasteiger partial charge in [-0.1, -0.05) is 30.3 Å². The highest BCUT2D eigenvalue weighted by molar-refractivity contribution is 7.89. The highest BCUT2D eigenvalue weighted by Gasteiger charge is 2.44. The third kappa shape index (κ3) is 2.86. The Morgan fingerprint density at radius 2 is 1.73 bits per heavy atom. The van der Waals surface area contributed by atoms with Gasteiger partial charge >= 0.3 is 0 Å². The largest absolute Gasteiger partial charge is 0.269 e. The lowest BCUT2D eigenvalue weighted by Gasteiger charge is -2.06. The van der Waals surface area contributed by atoms with E-state index in [1.807, 2.05) is 30.3 Å². The number of sulfonamides is 1. The fourth-order valence-corrected chi connectivity index (χ4v) is 3.97. The molecule has 1 heterocycles. The van der Waals surface area contributed by atoms with Crippen molar-refractivity contribution in [3.8, 4) is 0 Å². The molecule has 0 N–H and O–H groups in total. The molecule has 0 radical (unpaired) electrons. The number of rotatable bonds is 5. The van der Waals surface area contributed by atoms with Crippen molar-refractivity contribution in [3.05, 3.63) is 70.3 Å². The lowest BCUT2D eigenvalue weighted by molar-refractivity contribution is -0.384. The van der Waals surface area contributed by atoms with E-state index < -0.39 is 14.9 Å². The maximum atomic E-state index is 12.4. The van der Waals surface area contributed by atoms with Crippen LogP contribution in [0.2, 0.25) is 0 Å². The molecule has 0 aromatic heterocycles. The SMILES string of the molecule is O=[N+]([O-])c1ccc(S(=O)(=O)N2C[C@@H]2Cc2ccccc2)cc1. The topological polar surface area (TPSA) is 80.3 Å². The number of hydrogen-bond acceptors (Lipinski definition) is 4. The highest BCUT2D eigenvalue weighted by atomic mass is 32.2. The van der Waals surface area contributed by atoms with Crippen LogP contribution in [0.25, 0.3) is 0 Å². The number of hydrogen-bond donors (Lipinski definition) is 0. The van der Waals surface area contributed by atoms with Crippen molar-refractivity contribution in [1.82, 2.24) is 4.31 Å². The van der Waals surface area contributed by atoms with Crippen molar-refractivity contribution in [2.45, 2.75) is 17.4 Å². The van der Waals surface area contributed by atoms with E-state index in [0.29, 0.717) is 13.0 Å². The van der Waals surface area contributed by atoms with Crippen LogP contribution in [0, 0.1) is 10.1 Å². The zero-order valence-corrected chi connectivity index (χ0v) is 12.4. The first-order valence-corrected chi connectivity index (χ1v) is 8.23. The van der Waals surface area contributed by atoms with Crippen molar-refractivity contribution in [2.75, 3.05) is 6.54 Å². The Hall–Kier alpha value is -2.25. The molecule has 0 bridgehead atoms. The number of nitrogens with zero attached hydrogens (tertiary/aromatic N) is 2. The summed E-state index contributed by atoms with van der Waals surface area (Å²) >= 11 is 0. The van der Waals surface area contributed by atoms with Crippen LogP contribution < -0.4 is 0 Å². The van der Waals surface area contributed by atoms with Crippen LogP contribution in [0.15, 0.2) is 59.5 Å². The van der Waals surface area contributed by atoms with Gasteiger partial charge in [0.1, 0.15) is 0 Å². The molecule has 0 amide bonds. The van der Waals surface area contributed by atoms with E-state index in [4.69, 9.17) is 0 Å². The van der Waals surface area contributed by atoms with Gasteiger partial charge < -0.3 is 0 Å². The van der Waals surface area contributed by atoms with Crippen molar-refractivity contribution in [3.63, 3.8) is 0 Å². The van der Waals surface area contributed by atoms with Crippen LogP contribution in [-0.4, -0.2) is 30.2 Å². The molecule has 1 saturated heterocycles. The summed E-state index contributed by atoms with van der Waals surface area (Å²) in [6.07, 6.45) is 0.674. The molecule has 2 aromatic carbocycles. The molecular formula is C15H14N2O4S. The molecule has 0 aliphatic carbocycles. The van der Waals surface area contributed by atoms with Crippen LogP contribution in [0.3, 0.4) is 0 Å². The van der Waals surface area contributed by atoms with Gasteiger partial charge in [0.25, 0.3) is 5.69 Å². The molecule has 114 valence electrons. The molecule has 1 unspecified atom stereocenters. The monoisotopic (exact) mass is 318 g/mol. The summed E-state index contributed by atoms with van der Waals surface area (Å²) < 4.78 is 26.3. The van der Waals surface area contributed by atoms with Crippen LogP contribution >= 0.6 is 0 Å². The fourth-order valence-electron chi connectivity index (χ4n) is 2.38. The number of non-ortho nitro benzene ring substituents is 1. The van der Waals surface area contributed by atoms with Gasteiger partial charge in [0, 0.05) is 24.7 Å². The van der Waals surface area contributed by atoms with Gasteiger partial charge in [-0.2, -0.15) is 4.31 Å². The Morgan fingerprint density at radius 3 is 2.32 bits per heavy atom. The molecule has 1 aliphatic heterocycles. The normalized spacial score (nSPS) is 20.5. The first-order valence-electron chi connectivity index (χ1n) is 6.79. The molecule has 2 atom stereocenters. The minimum atomic E-state index is -3.57. The lowest BCUT2D eigenvalue weighted by Crippen LogP contribution is -2.15. The van der Waals surface area contributed by atoms with Crippen molar-refractivity contribution in [2.24, 2.45) is 0 Å². The molecule has 0 spiro atoms. The second-order valence-corrected chi connectivity index (χ2v) is 7.06. The fraction of sp³-hybridized carbons (Fsp3) is 0.200. The quantitative estimate of drug-likeness (QED) is 0.481. The maximum Gasteiger partial charge on any atom is 0.269 e. The molecule has 6 nitrogen and oxygen atoms in total. The van der Waals surface area contributed by atoms with Gasteiger partial charge in [0.2, 0.25) is 10.0 Å². The first-order chi connectivity index (χ1) is 10.5. The minimum absolute atomic E-state index is 0.0393. The summed E-state index contributed by atoms with van der Waals surface area (Å²) in [6, 6.07) is 14.6. The van der Waals surface area contributed by atoms with Crippen molar-refractivity contribution < 1.29 is 13.3 Å². The van der Waals surface area contributed by atoms with Crippen LogP contribution in [-0.2, 0) is 16.4 Å². The molecule has 1 fully saturated rings. The number of nitro groups is 1. The van der Waals surface area contributed by atoms with E-state index in [0.717, 1.165) is 5.56 Å². The maximum absolute atomic E-state index is 12.4. The number of benzene rings is 2. The Bertz CT molecular complexity index is 788. The van der Waals surface area contributed by atoms with Crippen molar-refractivity contribution >= 4 is 15.7 Å². The van der Waals surface area contributed by atoms with Gasteiger partial charge in [0.05, 0.1) is 9.82 Å². The molecule has 7 heteroatoms. The van der Waals surface area contributed by atoms with E-state index in [1.165, 1.54) is 28.6 Å².